The van der Waals surface area contributed by atoms with E-state index in [0.717, 1.165) is 50.0 Å². The number of aromatic nitrogens is 4. The van der Waals surface area contributed by atoms with Crippen LogP contribution >= 0.6 is 0 Å². The fourth-order valence-corrected chi connectivity index (χ4v) is 3.62. The SMILES string of the molecule is Cn1cncc1CN1CCCN(C(=O)c2nn(C)c3ccccc23)CC1. The molecule has 3 aromatic rings. The van der Waals surface area contributed by atoms with Crippen molar-refractivity contribution < 1.29 is 4.79 Å². The van der Waals surface area contributed by atoms with E-state index in [-0.39, 0.29) is 5.91 Å². The molecule has 26 heavy (non-hydrogen) atoms. The normalized spacial score (nSPS) is 16.2. The lowest BCUT2D eigenvalue weighted by molar-refractivity contribution is 0.0756. The minimum atomic E-state index is 0.0317. The summed E-state index contributed by atoms with van der Waals surface area (Å²) < 4.78 is 3.84. The van der Waals surface area contributed by atoms with Crippen LogP contribution in [0.3, 0.4) is 0 Å². The number of hydrogen-bond acceptors (Lipinski definition) is 4. The van der Waals surface area contributed by atoms with Gasteiger partial charge in [0.25, 0.3) is 5.91 Å². The van der Waals surface area contributed by atoms with E-state index in [4.69, 9.17) is 0 Å². The Labute approximate surface area is 152 Å². The zero-order valence-corrected chi connectivity index (χ0v) is 15.3. The third-order valence-electron chi connectivity index (χ3n) is 5.14. The number of carbonyl (C=O) groups is 1. The number of fused-ring (bicyclic) bond motifs is 1. The van der Waals surface area contributed by atoms with Crippen molar-refractivity contribution in [1.82, 2.24) is 29.1 Å². The summed E-state index contributed by atoms with van der Waals surface area (Å²) >= 11 is 0. The van der Waals surface area contributed by atoms with E-state index >= 15 is 0 Å². The third-order valence-corrected chi connectivity index (χ3v) is 5.14. The van der Waals surface area contributed by atoms with Crippen LogP contribution in [-0.2, 0) is 20.6 Å². The molecule has 0 unspecified atom stereocenters. The summed E-state index contributed by atoms with van der Waals surface area (Å²) in [5.41, 5.74) is 2.74. The Bertz CT molecular complexity index is 927. The van der Waals surface area contributed by atoms with Crippen LogP contribution in [0.4, 0.5) is 0 Å². The van der Waals surface area contributed by atoms with Crippen molar-refractivity contribution in [3.05, 3.63) is 48.2 Å². The number of hydrogen-bond donors (Lipinski definition) is 0. The summed E-state index contributed by atoms with van der Waals surface area (Å²) in [6, 6.07) is 7.90. The molecule has 2 aromatic heterocycles. The summed E-state index contributed by atoms with van der Waals surface area (Å²) in [7, 11) is 3.90. The maximum absolute atomic E-state index is 13.1. The summed E-state index contributed by atoms with van der Waals surface area (Å²) in [6.45, 7) is 4.21. The van der Waals surface area contributed by atoms with Crippen LogP contribution in [0.25, 0.3) is 10.9 Å². The molecule has 0 aliphatic carbocycles. The Morgan fingerprint density at radius 3 is 2.77 bits per heavy atom. The molecule has 1 amide bonds. The Morgan fingerprint density at radius 2 is 1.96 bits per heavy atom. The highest BCUT2D eigenvalue weighted by atomic mass is 16.2. The van der Waals surface area contributed by atoms with E-state index < -0.39 is 0 Å². The van der Waals surface area contributed by atoms with Gasteiger partial charge in [0.15, 0.2) is 5.69 Å². The minimum absolute atomic E-state index is 0.0317. The molecule has 7 heteroatoms. The molecule has 0 saturated carbocycles. The Kier molecular flexibility index (Phi) is 4.46. The molecule has 1 fully saturated rings. The van der Waals surface area contributed by atoms with E-state index in [0.29, 0.717) is 5.69 Å². The number of para-hydroxylation sites is 1. The summed E-state index contributed by atoms with van der Waals surface area (Å²) in [5.74, 6) is 0.0317. The number of nitrogens with zero attached hydrogens (tertiary/aromatic N) is 6. The van der Waals surface area contributed by atoms with Crippen LogP contribution in [0.15, 0.2) is 36.8 Å². The first-order valence-electron chi connectivity index (χ1n) is 9.02. The maximum atomic E-state index is 13.1. The first-order valence-corrected chi connectivity index (χ1v) is 9.02. The average Bonchev–Trinajstić information content (AvgIpc) is 3.10. The summed E-state index contributed by atoms with van der Waals surface area (Å²) in [4.78, 5) is 21.6. The van der Waals surface area contributed by atoms with Crippen molar-refractivity contribution in [2.75, 3.05) is 26.2 Å². The highest BCUT2D eigenvalue weighted by Crippen LogP contribution is 2.20. The predicted molar refractivity (Wildman–Crippen MR) is 99.7 cm³/mol. The van der Waals surface area contributed by atoms with Crippen molar-refractivity contribution >= 4 is 16.8 Å². The summed E-state index contributed by atoms with van der Waals surface area (Å²) in [6.07, 6.45) is 4.71. The van der Waals surface area contributed by atoms with Gasteiger partial charge in [-0.1, -0.05) is 18.2 Å². The number of amides is 1. The molecular weight excluding hydrogens is 328 g/mol. The van der Waals surface area contributed by atoms with Crippen LogP contribution < -0.4 is 0 Å². The van der Waals surface area contributed by atoms with Crippen LogP contribution in [0.1, 0.15) is 22.6 Å². The fourth-order valence-electron chi connectivity index (χ4n) is 3.62. The number of aryl methyl sites for hydroxylation is 2. The van der Waals surface area contributed by atoms with Crippen molar-refractivity contribution in [2.24, 2.45) is 14.1 Å². The van der Waals surface area contributed by atoms with Gasteiger partial charge in [-0.15, -0.1) is 0 Å². The van der Waals surface area contributed by atoms with E-state index in [2.05, 4.69) is 15.0 Å². The summed E-state index contributed by atoms with van der Waals surface area (Å²) in [5, 5.41) is 5.41. The average molecular weight is 352 g/mol. The van der Waals surface area contributed by atoms with E-state index in [1.807, 2.05) is 60.4 Å². The van der Waals surface area contributed by atoms with Crippen LogP contribution in [0.5, 0.6) is 0 Å². The molecule has 1 saturated heterocycles. The molecule has 136 valence electrons. The molecule has 4 rings (SSSR count). The van der Waals surface area contributed by atoms with Gasteiger partial charge in [0.1, 0.15) is 0 Å². The smallest absolute Gasteiger partial charge is 0.275 e. The number of rotatable bonds is 3. The van der Waals surface area contributed by atoms with Crippen molar-refractivity contribution in [3.63, 3.8) is 0 Å². The largest absolute Gasteiger partial charge is 0.337 e. The van der Waals surface area contributed by atoms with Gasteiger partial charge >= 0.3 is 0 Å². The standard InChI is InChI=1S/C19H24N6O/c1-22-14-20-12-15(22)13-24-8-5-9-25(11-10-24)19(26)18-16-6-3-4-7-17(16)23(2)21-18/h3-4,6-7,12,14H,5,8-11,13H2,1-2H3. The molecule has 0 atom stereocenters. The second-order valence-electron chi connectivity index (χ2n) is 6.91. The van der Waals surface area contributed by atoms with Crippen molar-refractivity contribution in [2.45, 2.75) is 13.0 Å². The highest BCUT2D eigenvalue weighted by molar-refractivity contribution is 6.04. The first-order chi connectivity index (χ1) is 12.6. The minimum Gasteiger partial charge on any atom is -0.337 e. The number of carbonyl (C=O) groups excluding carboxylic acids is 1. The lowest BCUT2D eigenvalue weighted by atomic mass is 10.2. The Hall–Kier alpha value is -2.67. The molecule has 0 N–H and O–H groups in total. The molecule has 1 aromatic carbocycles. The monoisotopic (exact) mass is 352 g/mol. The lowest BCUT2D eigenvalue weighted by Gasteiger charge is -2.21. The van der Waals surface area contributed by atoms with Gasteiger partial charge in [-0.2, -0.15) is 5.10 Å². The topological polar surface area (TPSA) is 59.2 Å². The fraction of sp³-hybridized carbons (Fsp3) is 0.421. The number of imidazole rings is 1. The molecule has 0 radical (unpaired) electrons. The zero-order chi connectivity index (χ0) is 18.1. The zero-order valence-electron chi connectivity index (χ0n) is 15.3. The van der Waals surface area contributed by atoms with E-state index in [1.54, 1.807) is 4.68 Å². The van der Waals surface area contributed by atoms with Gasteiger partial charge in [0, 0.05) is 58.4 Å². The van der Waals surface area contributed by atoms with Gasteiger partial charge in [0.05, 0.1) is 17.5 Å². The van der Waals surface area contributed by atoms with Crippen LogP contribution in [0, 0.1) is 0 Å². The van der Waals surface area contributed by atoms with Gasteiger partial charge in [-0.05, 0) is 12.5 Å². The van der Waals surface area contributed by atoms with Gasteiger partial charge in [0.2, 0.25) is 0 Å². The first kappa shape index (κ1) is 16.8. The van der Waals surface area contributed by atoms with E-state index in [1.165, 1.54) is 5.69 Å². The van der Waals surface area contributed by atoms with Gasteiger partial charge in [-0.25, -0.2) is 4.98 Å². The third kappa shape index (κ3) is 3.10. The van der Waals surface area contributed by atoms with E-state index in [9.17, 15) is 4.79 Å². The molecule has 3 heterocycles. The van der Waals surface area contributed by atoms with Crippen LogP contribution in [0.2, 0.25) is 0 Å². The Morgan fingerprint density at radius 1 is 1.12 bits per heavy atom. The second kappa shape index (κ2) is 6.92. The predicted octanol–water partition coefficient (Wildman–Crippen LogP) is 1.65. The Balaban J connectivity index is 1.48. The second-order valence-corrected chi connectivity index (χ2v) is 6.91. The molecule has 0 spiro atoms. The van der Waals surface area contributed by atoms with Gasteiger partial charge in [-0.3, -0.25) is 14.4 Å². The van der Waals surface area contributed by atoms with Crippen molar-refractivity contribution in [3.8, 4) is 0 Å². The molecule has 7 nitrogen and oxygen atoms in total. The lowest BCUT2D eigenvalue weighted by Crippen LogP contribution is -2.35. The number of benzene rings is 1. The van der Waals surface area contributed by atoms with Crippen molar-refractivity contribution in [1.29, 1.82) is 0 Å². The quantitative estimate of drug-likeness (QED) is 0.719. The molecule has 0 bridgehead atoms. The molecule has 1 aliphatic rings. The van der Waals surface area contributed by atoms with Crippen LogP contribution in [-0.4, -0.2) is 61.2 Å². The maximum Gasteiger partial charge on any atom is 0.275 e. The molecular formula is C19H24N6O. The van der Waals surface area contributed by atoms with Gasteiger partial charge < -0.3 is 9.47 Å². The molecule has 1 aliphatic heterocycles. The highest BCUT2D eigenvalue weighted by Gasteiger charge is 2.24.